The van der Waals surface area contributed by atoms with Gasteiger partial charge in [-0.05, 0) is 148 Å². The van der Waals surface area contributed by atoms with Crippen molar-refractivity contribution >= 4 is 33.6 Å². The van der Waals surface area contributed by atoms with Gasteiger partial charge in [0.1, 0.15) is 25.4 Å². The number of aliphatic hydroxyl groups excluding tert-OH is 2. The highest BCUT2D eigenvalue weighted by Crippen LogP contribution is 2.45. The SMILES string of the molecule is CC/C=C\C/C=C\C/C=C\C/C=C\C/C=C\CCCCCCCC(=O)OCC(COP(=O)(O)OCC(O)COP(=O)(O)OCC(O)COC(=O)CCCCCCCCCCCCC/C=C\C/C=C\C/C=C\C/C=C\CCCCC)OC(=O)CCCCCCCC/C=C\C/C=C\C/C=C\C/C=C\CC. The van der Waals surface area contributed by atoms with Gasteiger partial charge >= 0.3 is 33.6 Å². The number of rotatable bonds is 74. The van der Waals surface area contributed by atoms with Crippen LogP contribution in [-0.2, 0) is 55.8 Å². The van der Waals surface area contributed by atoms with E-state index in [1.807, 2.05) is 0 Å². The van der Waals surface area contributed by atoms with Crippen LogP contribution in [0.2, 0.25) is 0 Å². The molecule has 0 aliphatic heterocycles. The molecule has 16 nitrogen and oxygen atoms in total. The number of carbonyl (C=O) groups excluding carboxylic acids is 3. The Labute approximate surface area is 625 Å². The average Bonchev–Trinajstić information content (AvgIpc) is 0.936. The smallest absolute Gasteiger partial charge is 0.463 e. The topological polar surface area (TPSA) is 231 Å². The molecule has 0 bridgehead atoms. The van der Waals surface area contributed by atoms with Gasteiger partial charge in [0.15, 0.2) is 6.10 Å². The highest BCUT2D eigenvalue weighted by Gasteiger charge is 2.29. The van der Waals surface area contributed by atoms with Gasteiger partial charge in [0.2, 0.25) is 0 Å². The minimum atomic E-state index is -4.95. The second-order valence-corrected chi connectivity index (χ2v) is 29.0. The van der Waals surface area contributed by atoms with Gasteiger partial charge in [0.25, 0.3) is 0 Å². The van der Waals surface area contributed by atoms with Crippen LogP contribution in [0, 0.1) is 0 Å². The van der Waals surface area contributed by atoms with Crippen molar-refractivity contribution < 1.29 is 75.8 Å². The molecule has 0 radical (unpaired) electrons. The third kappa shape index (κ3) is 78.1. The van der Waals surface area contributed by atoms with Crippen molar-refractivity contribution in [3.8, 4) is 0 Å². The number of aliphatic hydroxyl groups is 2. The first-order chi connectivity index (χ1) is 50.2. The molecule has 4 N–H and O–H groups in total. The Hall–Kier alpha value is -4.83. The summed E-state index contributed by atoms with van der Waals surface area (Å²) < 4.78 is 61.2. The number of esters is 3. The van der Waals surface area contributed by atoms with Gasteiger partial charge in [-0.1, -0.05) is 294 Å². The molecule has 0 aromatic carbocycles. The zero-order valence-electron chi connectivity index (χ0n) is 64.2. The summed E-state index contributed by atoms with van der Waals surface area (Å²) in [7, 11) is -9.81. The molecule has 103 heavy (non-hydrogen) atoms. The molecule has 0 heterocycles. The third-order valence-electron chi connectivity index (χ3n) is 16.2. The number of allylic oxidation sites excluding steroid dienone is 26. The van der Waals surface area contributed by atoms with E-state index >= 15 is 0 Å². The van der Waals surface area contributed by atoms with Crippen LogP contribution in [0.5, 0.6) is 0 Å². The Bertz CT molecular complexity index is 2500. The second kappa shape index (κ2) is 76.8. The molecule has 0 aromatic heterocycles. The largest absolute Gasteiger partial charge is 0.472 e. The van der Waals surface area contributed by atoms with Crippen LogP contribution < -0.4 is 0 Å². The number of ether oxygens (including phenoxy) is 3. The lowest BCUT2D eigenvalue weighted by Crippen LogP contribution is -2.30. The summed E-state index contributed by atoms with van der Waals surface area (Å²) in [5.74, 6) is -1.62. The predicted octanol–water partition coefficient (Wildman–Crippen LogP) is 23.4. The Morgan fingerprint density at radius 2 is 0.515 bits per heavy atom. The van der Waals surface area contributed by atoms with Gasteiger partial charge in [0.05, 0.1) is 26.4 Å². The Morgan fingerprint density at radius 1 is 0.282 bits per heavy atom. The lowest BCUT2D eigenvalue weighted by atomic mass is 10.0. The van der Waals surface area contributed by atoms with Crippen molar-refractivity contribution in [1.82, 2.24) is 0 Å². The van der Waals surface area contributed by atoms with E-state index in [1.165, 1.54) is 70.6 Å². The van der Waals surface area contributed by atoms with Crippen LogP contribution in [-0.4, -0.2) is 95.9 Å². The van der Waals surface area contributed by atoms with Crippen LogP contribution in [0.1, 0.15) is 303 Å². The summed E-state index contributed by atoms with van der Waals surface area (Å²) in [6.07, 6.45) is 95.6. The number of unbranched alkanes of at least 4 members (excludes halogenated alkanes) is 25. The molecule has 5 atom stereocenters. The number of hydrogen-bond acceptors (Lipinski definition) is 14. The van der Waals surface area contributed by atoms with Gasteiger partial charge in [-0.25, -0.2) is 9.13 Å². The van der Waals surface area contributed by atoms with Crippen molar-refractivity contribution in [2.75, 3.05) is 39.6 Å². The molecular weight excluding hydrogens is 1340 g/mol. The first-order valence-corrected chi connectivity index (χ1v) is 42.8. The van der Waals surface area contributed by atoms with Crippen molar-refractivity contribution in [2.24, 2.45) is 0 Å². The molecule has 0 saturated heterocycles. The van der Waals surface area contributed by atoms with Crippen LogP contribution in [0.4, 0.5) is 0 Å². The summed E-state index contributed by atoms with van der Waals surface area (Å²) in [5.41, 5.74) is 0. The van der Waals surface area contributed by atoms with Crippen molar-refractivity contribution in [2.45, 2.75) is 322 Å². The van der Waals surface area contributed by atoms with Gasteiger partial charge in [-0.3, -0.25) is 32.5 Å². The number of phosphoric acid groups is 2. The maximum atomic E-state index is 13.0. The van der Waals surface area contributed by atoms with Crippen LogP contribution in [0.15, 0.2) is 158 Å². The minimum Gasteiger partial charge on any atom is -0.463 e. The molecular formula is C85H142O16P2. The van der Waals surface area contributed by atoms with E-state index in [-0.39, 0.29) is 19.3 Å². The van der Waals surface area contributed by atoms with E-state index in [0.29, 0.717) is 19.3 Å². The summed E-state index contributed by atoms with van der Waals surface area (Å²) in [6.45, 7) is 2.38. The molecule has 0 rings (SSSR count). The van der Waals surface area contributed by atoms with E-state index in [2.05, 4.69) is 179 Å². The zero-order chi connectivity index (χ0) is 75.2. The Balaban J connectivity index is 4.66. The van der Waals surface area contributed by atoms with Gasteiger partial charge in [-0.15, -0.1) is 0 Å². The first-order valence-electron chi connectivity index (χ1n) is 39.8. The summed E-state index contributed by atoms with van der Waals surface area (Å²) >= 11 is 0. The van der Waals surface area contributed by atoms with Gasteiger partial charge in [-0.2, -0.15) is 0 Å². The van der Waals surface area contributed by atoms with E-state index in [0.717, 1.165) is 173 Å². The molecule has 0 fully saturated rings. The molecule has 588 valence electrons. The summed E-state index contributed by atoms with van der Waals surface area (Å²) in [6, 6.07) is 0. The monoisotopic (exact) mass is 1480 g/mol. The highest BCUT2D eigenvalue weighted by atomic mass is 31.2. The lowest BCUT2D eigenvalue weighted by Gasteiger charge is -2.21. The average molecular weight is 1480 g/mol. The Morgan fingerprint density at radius 3 is 0.816 bits per heavy atom. The number of phosphoric ester groups is 2. The maximum absolute atomic E-state index is 13.0. The number of hydrogen-bond donors (Lipinski definition) is 4. The lowest BCUT2D eigenvalue weighted by molar-refractivity contribution is -0.161. The predicted molar refractivity (Wildman–Crippen MR) is 426 cm³/mol. The Kier molecular flexibility index (Phi) is 73.2. The van der Waals surface area contributed by atoms with E-state index in [4.69, 9.17) is 32.3 Å². The first kappa shape index (κ1) is 98.2. The van der Waals surface area contributed by atoms with Crippen LogP contribution in [0.3, 0.4) is 0 Å². The highest BCUT2D eigenvalue weighted by molar-refractivity contribution is 7.47. The summed E-state index contributed by atoms with van der Waals surface area (Å²) in [5, 5.41) is 20.7. The normalized spacial score (nSPS) is 14.8. The standard InChI is InChI=1S/C85H142O16P2/c1-4-7-10-13-16-19-22-25-28-31-34-36-37-38-39-40-41-43-46-47-50-53-56-59-62-65-68-71-83(88)95-74-80(86)75-97-102(91,92)98-76-81(87)77-99-103(93,94)100-79-82(101-85(90)73-70-67-64-61-58-55-52-49-44-33-30-27-24-21-18-15-12-9-6-3)78-96-84(89)72-69-66-63-60-57-54-51-48-45-42-35-32-29-26-23-20-17-14-11-8-5-2/h8-9,11-12,16-21,25-30,34-36,38-39,42,44,48-49,51,80-82,86-87H,4-7,10,13-15,22-24,31-33,37,40-41,43,45-47,50,52-79H2,1-3H3,(H,91,92)(H,93,94)/b11-8-,12-9-,19-16-,20-17-,21-18-,28-25-,29-26-,30-27-,36-34-,39-38-,42-35-,49-44-,51-48-. The maximum Gasteiger partial charge on any atom is 0.472 e. The molecule has 0 aliphatic carbocycles. The van der Waals surface area contributed by atoms with Crippen molar-refractivity contribution in [3.63, 3.8) is 0 Å². The third-order valence-corrected chi connectivity index (χ3v) is 18.1. The van der Waals surface area contributed by atoms with E-state index in [1.54, 1.807) is 0 Å². The number of carbonyl (C=O) groups is 3. The molecule has 18 heteroatoms. The van der Waals surface area contributed by atoms with Gasteiger partial charge in [0, 0.05) is 19.3 Å². The second-order valence-electron chi connectivity index (χ2n) is 26.1. The van der Waals surface area contributed by atoms with E-state index < -0.39 is 91.5 Å². The van der Waals surface area contributed by atoms with Crippen LogP contribution >= 0.6 is 15.6 Å². The van der Waals surface area contributed by atoms with E-state index in [9.17, 15) is 43.5 Å². The summed E-state index contributed by atoms with van der Waals surface area (Å²) in [4.78, 5) is 58.7. The fourth-order valence-corrected chi connectivity index (χ4v) is 11.8. The van der Waals surface area contributed by atoms with Crippen molar-refractivity contribution in [3.05, 3.63) is 158 Å². The van der Waals surface area contributed by atoms with Gasteiger partial charge < -0.3 is 34.2 Å². The molecule has 0 aromatic rings. The molecule has 0 amide bonds. The van der Waals surface area contributed by atoms with Crippen molar-refractivity contribution in [1.29, 1.82) is 0 Å². The fourth-order valence-electron chi connectivity index (χ4n) is 10.2. The molecule has 0 aliphatic rings. The molecule has 0 spiro atoms. The zero-order valence-corrected chi connectivity index (χ0v) is 66.0. The fraction of sp³-hybridized carbons (Fsp3) is 0.659. The van der Waals surface area contributed by atoms with Crippen LogP contribution in [0.25, 0.3) is 0 Å². The molecule has 0 saturated carbocycles. The molecule has 5 unspecified atom stereocenters. The quantitative estimate of drug-likeness (QED) is 0.0146. The minimum absolute atomic E-state index is 0.0781.